The summed E-state index contributed by atoms with van der Waals surface area (Å²) in [5, 5.41) is 14.8. The van der Waals surface area contributed by atoms with Crippen LogP contribution in [0.1, 0.15) is 29.1 Å². The maximum Gasteiger partial charge on any atom is 0.251 e. The Balaban J connectivity index is 1.81. The Kier molecular flexibility index (Phi) is 7.14. The standard InChI is InChI=1S/C19H21ClN6O2S2/c1-11(25(2)3)17-23-24-19(26(17)13-6-4-12(20)5-7-13)30-10-15(27)22-18-14(16(21)28)8-9-29-18/h4-9,11H,10H2,1-3H3,(H2,21,28)(H,22,27)/p+1/t11-/m0/s1. The lowest BCUT2D eigenvalue weighted by molar-refractivity contribution is -0.890. The number of quaternary nitrogens is 1. The van der Waals surface area contributed by atoms with Crippen LogP contribution in [0.5, 0.6) is 0 Å². The first-order valence-electron chi connectivity index (χ1n) is 9.09. The SMILES string of the molecule is C[C@@H](c1nnc(SCC(=O)Nc2sccc2C(N)=O)n1-c1ccc(Cl)cc1)[NH+](C)C. The highest BCUT2D eigenvalue weighted by Crippen LogP contribution is 2.27. The highest BCUT2D eigenvalue weighted by atomic mass is 35.5. The van der Waals surface area contributed by atoms with Gasteiger partial charge in [0, 0.05) is 10.7 Å². The summed E-state index contributed by atoms with van der Waals surface area (Å²) in [5.74, 6) is 0.0508. The number of thiophene rings is 1. The minimum Gasteiger partial charge on any atom is -0.366 e. The molecule has 0 unspecified atom stereocenters. The minimum atomic E-state index is -0.577. The molecule has 0 aliphatic heterocycles. The molecule has 4 N–H and O–H groups in total. The van der Waals surface area contributed by atoms with Crippen molar-refractivity contribution in [3.63, 3.8) is 0 Å². The third-order valence-electron chi connectivity index (χ3n) is 4.51. The van der Waals surface area contributed by atoms with Gasteiger partial charge in [0.25, 0.3) is 5.91 Å². The van der Waals surface area contributed by atoms with Gasteiger partial charge in [-0.1, -0.05) is 23.4 Å². The van der Waals surface area contributed by atoms with Gasteiger partial charge in [0.05, 0.1) is 25.4 Å². The predicted octanol–water partition coefficient (Wildman–Crippen LogP) is 2.02. The molecule has 0 bridgehead atoms. The molecule has 2 heterocycles. The minimum absolute atomic E-state index is 0.0839. The monoisotopic (exact) mass is 465 g/mol. The molecule has 3 rings (SSSR count). The van der Waals surface area contributed by atoms with Crippen LogP contribution in [-0.2, 0) is 4.79 Å². The summed E-state index contributed by atoms with van der Waals surface area (Å²) in [4.78, 5) is 25.1. The fourth-order valence-corrected chi connectivity index (χ4v) is 4.33. The Morgan fingerprint density at radius 3 is 2.60 bits per heavy atom. The number of nitrogens with one attached hydrogen (secondary N) is 2. The number of anilines is 1. The van der Waals surface area contributed by atoms with Gasteiger partial charge in [0.1, 0.15) is 11.0 Å². The van der Waals surface area contributed by atoms with Gasteiger partial charge in [0.15, 0.2) is 11.0 Å². The van der Waals surface area contributed by atoms with Crippen molar-refractivity contribution >= 4 is 51.5 Å². The number of nitrogens with two attached hydrogens (primary N) is 1. The van der Waals surface area contributed by atoms with Crippen LogP contribution in [0.25, 0.3) is 5.69 Å². The molecule has 0 radical (unpaired) electrons. The third kappa shape index (κ3) is 5.01. The van der Waals surface area contributed by atoms with E-state index in [4.69, 9.17) is 17.3 Å². The number of halogens is 1. The number of hydrogen-bond acceptors (Lipinski definition) is 6. The van der Waals surface area contributed by atoms with E-state index in [-0.39, 0.29) is 17.7 Å². The summed E-state index contributed by atoms with van der Waals surface area (Å²) in [6, 6.07) is 9.06. The van der Waals surface area contributed by atoms with Crippen LogP contribution >= 0.6 is 34.7 Å². The van der Waals surface area contributed by atoms with Crippen molar-refractivity contribution in [3.05, 3.63) is 52.1 Å². The molecule has 0 fully saturated rings. The summed E-state index contributed by atoms with van der Waals surface area (Å²) >= 11 is 8.55. The molecule has 30 heavy (non-hydrogen) atoms. The topological polar surface area (TPSA) is 107 Å². The van der Waals surface area contributed by atoms with E-state index in [2.05, 4.69) is 22.4 Å². The number of thioether (sulfide) groups is 1. The zero-order valence-electron chi connectivity index (χ0n) is 16.7. The first kappa shape index (κ1) is 22.3. The highest BCUT2D eigenvalue weighted by molar-refractivity contribution is 7.99. The van der Waals surface area contributed by atoms with E-state index in [1.54, 1.807) is 23.6 Å². The second-order valence-electron chi connectivity index (χ2n) is 6.82. The van der Waals surface area contributed by atoms with Crippen LogP contribution < -0.4 is 16.0 Å². The van der Waals surface area contributed by atoms with E-state index in [9.17, 15) is 9.59 Å². The Bertz CT molecular complexity index is 1050. The van der Waals surface area contributed by atoms with E-state index in [1.165, 1.54) is 28.0 Å². The lowest BCUT2D eigenvalue weighted by Crippen LogP contribution is -3.05. The molecule has 2 amide bonds. The molecule has 0 saturated heterocycles. The second-order valence-corrected chi connectivity index (χ2v) is 9.11. The molecule has 0 saturated carbocycles. The number of rotatable bonds is 8. The first-order chi connectivity index (χ1) is 14.3. The van der Waals surface area contributed by atoms with Crippen molar-refractivity contribution in [3.8, 4) is 5.69 Å². The lowest BCUT2D eigenvalue weighted by Gasteiger charge is -2.18. The average Bonchev–Trinajstić information content (AvgIpc) is 3.33. The summed E-state index contributed by atoms with van der Waals surface area (Å²) in [6.45, 7) is 2.06. The van der Waals surface area contributed by atoms with Gasteiger partial charge in [-0.25, -0.2) is 0 Å². The number of amides is 2. The Morgan fingerprint density at radius 2 is 1.97 bits per heavy atom. The van der Waals surface area contributed by atoms with E-state index in [0.717, 1.165) is 11.5 Å². The number of benzene rings is 1. The van der Waals surface area contributed by atoms with Crippen LogP contribution in [0.15, 0.2) is 40.9 Å². The average molecular weight is 466 g/mol. The van der Waals surface area contributed by atoms with Crippen molar-refractivity contribution in [1.82, 2.24) is 14.8 Å². The molecule has 1 atom stereocenters. The molecule has 8 nitrogen and oxygen atoms in total. The van der Waals surface area contributed by atoms with E-state index in [0.29, 0.717) is 20.7 Å². The molecule has 1 aromatic carbocycles. The number of carbonyl (C=O) groups is 2. The molecule has 0 aliphatic rings. The predicted molar refractivity (Wildman–Crippen MR) is 120 cm³/mol. The molecular weight excluding hydrogens is 444 g/mol. The number of nitrogens with zero attached hydrogens (tertiary/aromatic N) is 3. The molecular formula is C19H22ClN6O2S2+. The van der Waals surface area contributed by atoms with Crippen molar-refractivity contribution in [2.75, 3.05) is 25.2 Å². The molecule has 2 aromatic heterocycles. The van der Waals surface area contributed by atoms with Gasteiger partial charge >= 0.3 is 0 Å². The molecule has 0 spiro atoms. The van der Waals surface area contributed by atoms with E-state index < -0.39 is 5.91 Å². The maximum atomic E-state index is 12.4. The van der Waals surface area contributed by atoms with E-state index in [1.807, 2.05) is 30.8 Å². The van der Waals surface area contributed by atoms with Crippen LogP contribution in [-0.4, -0.2) is 46.4 Å². The molecule has 3 aromatic rings. The van der Waals surface area contributed by atoms with Gasteiger partial charge in [-0.3, -0.25) is 14.2 Å². The van der Waals surface area contributed by atoms with Gasteiger partial charge < -0.3 is 16.0 Å². The van der Waals surface area contributed by atoms with Gasteiger partial charge in [-0.15, -0.1) is 21.5 Å². The summed E-state index contributed by atoms with van der Waals surface area (Å²) in [7, 11) is 4.09. The van der Waals surface area contributed by atoms with Gasteiger partial charge in [0.2, 0.25) is 5.91 Å². The third-order valence-corrected chi connectivity index (χ3v) is 6.52. The van der Waals surface area contributed by atoms with Crippen molar-refractivity contribution in [1.29, 1.82) is 0 Å². The van der Waals surface area contributed by atoms with Crippen LogP contribution in [0.2, 0.25) is 5.02 Å². The summed E-state index contributed by atoms with van der Waals surface area (Å²) < 4.78 is 1.94. The first-order valence-corrected chi connectivity index (χ1v) is 11.3. The largest absolute Gasteiger partial charge is 0.366 e. The van der Waals surface area contributed by atoms with Crippen molar-refractivity contribution in [2.45, 2.75) is 18.1 Å². The Morgan fingerprint density at radius 1 is 1.27 bits per heavy atom. The lowest BCUT2D eigenvalue weighted by atomic mass is 10.2. The normalized spacial score (nSPS) is 12.2. The zero-order valence-corrected chi connectivity index (χ0v) is 19.1. The second kappa shape index (κ2) is 9.61. The summed E-state index contributed by atoms with van der Waals surface area (Å²) in [5.41, 5.74) is 6.49. The Labute approximate surface area is 187 Å². The molecule has 11 heteroatoms. The molecule has 158 valence electrons. The summed E-state index contributed by atoms with van der Waals surface area (Å²) in [6.07, 6.45) is 0. The van der Waals surface area contributed by atoms with E-state index >= 15 is 0 Å². The van der Waals surface area contributed by atoms with Crippen molar-refractivity contribution < 1.29 is 14.5 Å². The van der Waals surface area contributed by atoms with Gasteiger partial charge in [-0.2, -0.15) is 0 Å². The Hall–Kier alpha value is -2.40. The zero-order chi connectivity index (χ0) is 21.8. The smallest absolute Gasteiger partial charge is 0.251 e. The molecule has 0 aliphatic carbocycles. The number of aromatic nitrogens is 3. The van der Waals surface area contributed by atoms with Crippen LogP contribution in [0.3, 0.4) is 0 Å². The van der Waals surface area contributed by atoms with Crippen LogP contribution in [0, 0.1) is 0 Å². The van der Waals surface area contributed by atoms with Crippen molar-refractivity contribution in [2.24, 2.45) is 5.73 Å². The van der Waals surface area contributed by atoms with Gasteiger partial charge in [-0.05, 0) is 42.6 Å². The highest BCUT2D eigenvalue weighted by Gasteiger charge is 2.24. The fourth-order valence-electron chi connectivity index (χ4n) is 2.64. The number of carbonyl (C=O) groups excluding carboxylic acids is 2. The quantitative estimate of drug-likeness (QED) is 0.441. The number of hydrogen-bond donors (Lipinski definition) is 3. The maximum absolute atomic E-state index is 12.4. The van der Waals surface area contributed by atoms with Crippen LogP contribution in [0.4, 0.5) is 5.00 Å². The number of primary amides is 1. The fraction of sp³-hybridized carbons (Fsp3) is 0.263.